The van der Waals surface area contributed by atoms with Gasteiger partial charge in [-0.1, -0.05) is 121 Å². The van der Waals surface area contributed by atoms with E-state index >= 15 is 0 Å². The smallest absolute Gasteiger partial charge is 0.161 e. The molecule has 0 atom stereocenters. The van der Waals surface area contributed by atoms with Crippen molar-refractivity contribution in [2.45, 2.75) is 0 Å². The van der Waals surface area contributed by atoms with Crippen LogP contribution in [0.1, 0.15) is 0 Å². The van der Waals surface area contributed by atoms with Crippen molar-refractivity contribution in [3.8, 4) is 22.6 Å². The zero-order valence-electron chi connectivity index (χ0n) is 24.2. The van der Waals surface area contributed by atoms with Gasteiger partial charge in [-0.3, -0.25) is 0 Å². The van der Waals surface area contributed by atoms with Crippen LogP contribution in [0.15, 0.2) is 150 Å². The molecule has 0 spiro atoms. The Morgan fingerprint density at radius 3 is 1.98 bits per heavy atom. The maximum atomic E-state index is 6.28. The molecular weight excluding hydrogens is 548 g/mol. The minimum Gasteiger partial charge on any atom is -0.456 e. The number of furan rings is 1. The Morgan fingerprint density at radius 1 is 0.378 bits per heavy atom. The molecular formula is C42H24N2O. The maximum Gasteiger partial charge on any atom is 0.161 e. The van der Waals surface area contributed by atoms with E-state index < -0.39 is 0 Å². The summed E-state index contributed by atoms with van der Waals surface area (Å²) in [5.41, 5.74) is 5.61. The standard InChI is InChI=1S/C42H24N2O/c1-3-12-27-25(10-1)20-21-30-29(27)22-23-31-35(24-26-11-2-4-13-28(26)39(30)31)42-43-36-17-7-5-14-32(36)41(44-42)34-16-9-19-38-40(34)33-15-6-8-18-37(33)45-38/h1-24H. The van der Waals surface area contributed by atoms with Gasteiger partial charge in [-0.25, -0.2) is 9.97 Å². The van der Waals surface area contributed by atoms with Crippen molar-refractivity contribution < 1.29 is 4.42 Å². The molecule has 45 heavy (non-hydrogen) atoms. The molecule has 0 fully saturated rings. The van der Waals surface area contributed by atoms with Crippen molar-refractivity contribution in [3.05, 3.63) is 146 Å². The second kappa shape index (κ2) is 9.22. The van der Waals surface area contributed by atoms with Crippen LogP contribution in [0.3, 0.4) is 0 Å². The normalized spacial score (nSPS) is 12.0. The Hall–Kier alpha value is -6.06. The van der Waals surface area contributed by atoms with Crippen molar-refractivity contribution in [2.75, 3.05) is 0 Å². The third kappa shape index (κ3) is 3.52. The molecule has 0 aliphatic heterocycles. The van der Waals surface area contributed by atoms with E-state index in [1.165, 1.54) is 37.7 Å². The molecule has 2 heterocycles. The van der Waals surface area contributed by atoms with E-state index in [1.807, 2.05) is 24.3 Å². The molecule has 0 saturated carbocycles. The zero-order valence-corrected chi connectivity index (χ0v) is 24.2. The summed E-state index contributed by atoms with van der Waals surface area (Å²) in [6, 6.07) is 51.3. The lowest BCUT2D eigenvalue weighted by atomic mass is 9.91. The van der Waals surface area contributed by atoms with Crippen LogP contribution in [0.5, 0.6) is 0 Å². The fourth-order valence-electron chi connectivity index (χ4n) is 7.25. The average Bonchev–Trinajstić information content (AvgIpc) is 3.49. The van der Waals surface area contributed by atoms with E-state index in [1.54, 1.807) is 0 Å². The first kappa shape index (κ1) is 24.4. The van der Waals surface area contributed by atoms with Gasteiger partial charge in [0.05, 0.1) is 11.2 Å². The lowest BCUT2D eigenvalue weighted by Crippen LogP contribution is -1.97. The van der Waals surface area contributed by atoms with Crippen LogP contribution in [0.4, 0.5) is 0 Å². The largest absolute Gasteiger partial charge is 0.456 e. The highest BCUT2D eigenvalue weighted by Crippen LogP contribution is 2.42. The molecule has 8 aromatic carbocycles. The minimum atomic E-state index is 0.712. The summed E-state index contributed by atoms with van der Waals surface area (Å²) in [5.74, 6) is 0.712. The predicted octanol–water partition coefficient (Wildman–Crippen LogP) is 11.5. The van der Waals surface area contributed by atoms with Crippen LogP contribution in [0.25, 0.3) is 98.6 Å². The van der Waals surface area contributed by atoms with Crippen molar-refractivity contribution in [3.63, 3.8) is 0 Å². The quantitative estimate of drug-likeness (QED) is 0.193. The number of hydrogen-bond donors (Lipinski definition) is 0. The molecule has 0 N–H and O–H groups in total. The van der Waals surface area contributed by atoms with Crippen LogP contribution >= 0.6 is 0 Å². The minimum absolute atomic E-state index is 0.712. The van der Waals surface area contributed by atoms with Crippen LogP contribution in [-0.2, 0) is 0 Å². The van der Waals surface area contributed by atoms with Crippen molar-refractivity contribution in [1.82, 2.24) is 9.97 Å². The third-order valence-electron chi connectivity index (χ3n) is 9.25. The van der Waals surface area contributed by atoms with Crippen LogP contribution in [0.2, 0.25) is 0 Å². The summed E-state index contributed by atoms with van der Waals surface area (Å²) < 4.78 is 6.28. The molecule has 0 unspecified atom stereocenters. The second-order valence-corrected chi connectivity index (χ2v) is 11.7. The molecule has 10 rings (SSSR count). The van der Waals surface area contributed by atoms with E-state index in [2.05, 4.69) is 121 Å². The Labute approximate surface area is 258 Å². The van der Waals surface area contributed by atoms with E-state index in [0.29, 0.717) is 5.82 Å². The van der Waals surface area contributed by atoms with Gasteiger partial charge in [-0.15, -0.1) is 0 Å². The predicted molar refractivity (Wildman–Crippen MR) is 188 cm³/mol. The molecule has 208 valence electrons. The zero-order chi connectivity index (χ0) is 29.5. The number of para-hydroxylation sites is 2. The fraction of sp³-hybridized carbons (Fsp3) is 0. The second-order valence-electron chi connectivity index (χ2n) is 11.7. The number of nitrogens with zero attached hydrogens (tertiary/aromatic N) is 2. The van der Waals surface area contributed by atoms with Gasteiger partial charge in [0.2, 0.25) is 0 Å². The van der Waals surface area contributed by atoms with Crippen LogP contribution < -0.4 is 0 Å². The molecule has 0 amide bonds. The van der Waals surface area contributed by atoms with Crippen LogP contribution in [0, 0.1) is 0 Å². The first-order chi connectivity index (χ1) is 22.3. The average molecular weight is 573 g/mol. The fourth-order valence-corrected chi connectivity index (χ4v) is 7.25. The molecule has 3 nitrogen and oxygen atoms in total. The maximum absolute atomic E-state index is 6.28. The first-order valence-corrected chi connectivity index (χ1v) is 15.3. The molecule has 0 aliphatic carbocycles. The molecule has 0 radical (unpaired) electrons. The number of hydrogen-bond acceptors (Lipinski definition) is 3. The summed E-state index contributed by atoms with van der Waals surface area (Å²) in [7, 11) is 0. The highest BCUT2D eigenvalue weighted by molar-refractivity contribution is 6.27. The van der Waals surface area contributed by atoms with Gasteiger partial charge in [0.25, 0.3) is 0 Å². The van der Waals surface area contributed by atoms with E-state index in [9.17, 15) is 0 Å². The van der Waals surface area contributed by atoms with E-state index in [0.717, 1.165) is 55.0 Å². The van der Waals surface area contributed by atoms with Gasteiger partial charge in [-0.05, 0) is 67.4 Å². The number of aromatic nitrogens is 2. The topological polar surface area (TPSA) is 38.9 Å². The molecule has 2 aromatic heterocycles. The summed E-state index contributed by atoms with van der Waals surface area (Å²) >= 11 is 0. The van der Waals surface area contributed by atoms with Gasteiger partial charge < -0.3 is 4.42 Å². The summed E-state index contributed by atoms with van der Waals surface area (Å²) in [6.45, 7) is 0. The molecule has 10 aromatic rings. The lowest BCUT2D eigenvalue weighted by molar-refractivity contribution is 0.669. The van der Waals surface area contributed by atoms with E-state index in [4.69, 9.17) is 14.4 Å². The van der Waals surface area contributed by atoms with E-state index in [-0.39, 0.29) is 0 Å². The first-order valence-electron chi connectivity index (χ1n) is 15.3. The lowest BCUT2D eigenvalue weighted by Gasteiger charge is -2.15. The van der Waals surface area contributed by atoms with Gasteiger partial charge in [-0.2, -0.15) is 0 Å². The number of benzene rings is 8. The summed E-state index contributed by atoms with van der Waals surface area (Å²) in [4.78, 5) is 10.6. The summed E-state index contributed by atoms with van der Waals surface area (Å²) in [5, 5.41) is 12.9. The monoisotopic (exact) mass is 572 g/mol. The third-order valence-corrected chi connectivity index (χ3v) is 9.25. The Morgan fingerprint density at radius 2 is 1.07 bits per heavy atom. The molecule has 3 heteroatoms. The summed E-state index contributed by atoms with van der Waals surface area (Å²) in [6.07, 6.45) is 0. The molecule has 0 aliphatic rings. The molecule has 0 bridgehead atoms. The Kier molecular flexibility index (Phi) is 5.00. The Balaban J connectivity index is 1.33. The number of fused-ring (bicyclic) bond motifs is 11. The van der Waals surface area contributed by atoms with Crippen molar-refractivity contribution in [1.29, 1.82) is 0 Å². The van der Waals surface area contributed by atoms with Crippen molar-refractivity contribution in [2.24, 2.45) is 0 Å². The number of rotatable bonds is 2. The van der Waals surface area contributed by atoms with Gasteiger partial charge in [0, 0.05) is 27.3 Å². The highest BCUT2D eigenvalue weighted by atomic mass is 16.3. The Bertz CT molecular complexity index is 2830. The highest BCUT2D eigenvalue weighted by Gasteiger charge is 2.19. The molecule has 0 saturated heterocycles. The van der Waals surface area contributed by atoms with Crippen molar-refractivity contribution >= 4 is 75.9 Å². The van der Waals surface area contributed by atoms with Gasteiger partial charge in [0.1, 0.15) is 11.2 Å². The van der Waals surface area contributed by atoms with Gasteiger partial charge >= 0.3 is 0 Å². The SMILES string of the molecule is c1ccc2c(c1)ccc1c2ccc2c(-c3nc(-c4cccc5oc6ccccc6c45)c4ccccc4n3)cc3ccccc3c21. The van der Waals surface area contributed by atoms with Gasteiger partial charge in [0.15, 0.2) is 5.82 Å². The van der Waals surface area contributed by atoms with Crippen LogP contribution in [-0.4, -0.2) is 9.97 Å².